The molecule has 0 aliphatic rings. The van der Waals surface area contributed by atoms with Crippen molar-refractivity contribution in [2.45, 2.75) is 64.7 Å². The first-order valence-electron chi connectivity index (χ1n) is 9.65. The minimum atomic E-state index is 0. The van der Waals surface area contributed by atoms with Crippen LogP contribution in [0.4, 0.5) is 0 Å². The summed E-state index contributed by atoms with van der Waals surface area (Å²) < 4.78 is 0. The van der Waals surface area contributed by atoms with Gasteiger partial charge in [-0.25, -0.2) is 0 Å². The van der Waals surface area contributed by atoms with Gasteiger partial charge in [0, 0.05) is 0 Å². The van der Waals surface area contributed by atoms with Crippen molar-refractivity contribution in [2.24, 2.45) is 0 Å². The molecule has 0 nitrogen and oxygen atoms in total. The third-order valence-electron chi connectivity index (χ3n) is 3.55. The van der Waals surface area contributed by atoms with Gasteiger partial charge in [0.2, 0.25) is 0 Å². The topological polar surface area (TPSA) is 0 Å². The summed E-state index contributed by atoms with van der Waals surface area (Å²) in [5.74, 6) is 0. The molecule has 26 heavy (non-hydrogen) atoms. The van der Waals surface area contributed by atoms with E-state index in [0.29, 0.717) is 0 Å². The van der Waals surface area contributed by atoms with E-state index in [4.69, 9.17) is 0 Å². The Labute approximate surface area is 179 Å². The second-order valence-corrected chi connectivity index (χ2v) is 7.20. The molecule has 148 valence electrons. The predicted molar refractivity (Wildman–Crippen MR) is 118 cm³/mol. The number of hydrogen-bond donors (Lipinski definition) is 0. The number of rotatable bonds is 8. The van der Waals surface area contributed by atoms with Crippen LogP contribution in [0.25, 0.3) is 0 Å². The van der Waals surface area contributed by atoms with E-state index in [1.165, 1.54) is 49.1 Å². The molecule has 2 aromatic carbocycles. The molecule has 0 aliphatic carbocycles. The standard InChI is InChI=1S/C14H15P.2C5H11.Pd/c1-3-7-13(8-4-1)11-15-12-14-9-5-2-6-10-14;2*1-3-5-4-2;/h1-10,15H,11-12H2;2*1,3-5H2,2H3;/q;2*-1;+2. The smallest absolute Gasteiger partial charge is 0.343 e. The molecule has 0 atom stereocenters. The Bertz CT molecular complexity index is 421. The summed E-state index contributed by atoms with van der Waals surface area (Å²) >= 11 is 0. The van der Waals surface area contributed by atoms with Crippen LogP contribution >= 0.6 is 8.58 Å². The van der Waals surface area contributed by atoms with Crippen LogP contribution < -0.4 is 0 Å². The number of unbranched alkanes of at least 4 members (excludes halogenated alkanes) is 4. The maximum Gasteiger partial charge on any atom is 2.00 e. The minimum Gasteiger partial charge on any atom is -0.343 e. The normalized spacial score (nSPS) is 9.08. The first-order chi connectivity index (χ1) is 12.3. The maximum atomic E-state index is 3.68. The van der Waals surface area contributed by atoms with Crippen LogP contribution in [0, 0.1) is 13.8 Å². The Kier molecular flexibility index (Phi) is 24.1. The van der Waals surface area contributed by atoms with Crippen LogP contribution in [-0.4, -0.2) is 0 Å². The van der Waals surface area contributed by atoms with E-state index in [1.807, 2.05) is 0 Å². The molecule has 2 heteroatoms. The van der Waals surface area contributed by atoms with Crippen molar-refractivity contribution in [3.05, 3.63) is 85.6 Å². The van der Waals surface area contributed by atoms with Crippen LogP contribution in [0.5, 0.6) is 0 Å². The van der Waals surface area contributed by atoms with Gasteiger partial charge in [-0.2, -0.15) is 12.8 Å². The maximum absolute atomic E-state index is 3.68. The summed E-state index contributed by atoms with van der Waals surface area (Å²) in [6.45, 7) is 11.7. The minimum absolute atomic E-state index is 0. The monoisotopic (exact) mass is 462 g/mol. The molecule has 0 unspecified atom stereocenters. The molecule has 0 bridgehead atoms. The van der Waals surface area contributed by atoms with Crippen molar-refractivity contribution >= 4 is 8.58 Å². The van der Waals surface area contributed by atoms with Crippen LogP contribution in [-0.2, 0) is 32.7 Å². The zero-order valence-electron chi connectivity index (χ0n) is 16.7. The third kappa shape index (κ3) is 18.3. The summed E-state index contributed by atoms with van der Waals surface area (Å²) in [6, 6.07) is 21.4. The van der Waals surface area contributed by atoms with Gasteiger partial charge >= 0.3 is 20.4 Å². The molecule has 0 heterocycles. The van der Waals surface area contributed by atoms with Crippen molar-refractivity contribution in [3.8, 4) is 0 Å². The van der Waals surface area contributed by atoms with Crippen molar-refractivity contribution < 1.29 is 20.4 Å². The van der Waals surface area contributed by atoms with Crippen LogP contribution in [0.15, 0.2) is 60.7 Å². The van der Waals surface area contributed by atoms with Crippen LogP contribution in [0.2, 0.25) is 0 Å². The molecule has 0 saturated carbocycles. The Morgan fingerprint density at radius 3 is 1.23 bits per heavy atom. The summed E-state index contributed by atoms with van der Waals surface area (Å²) in [5.41, 5.74) is 2.90. The Balaban J connectivity index is 0. The van der Waals surface area contributed by atoms with Gasteiger partial charge in [0.1, 0.15) is 0 Å². The van der Waals surface area contributed by atoms with Gasteiger partial charge in [-0.15, -0.1) is 8.58 Å². The molecule has 0 aliphatic heterocycles. The van der Waals surface area contributed by atoms with E-state index in [0.717, 1.165) is 21.4 Å². The number of hydrogen-bond acceptors (Lipinski definition) is 0. The number of benzene rings is 2. The predicted octanol–water partition coefficient (Wildman–Crippen LogP) is 8.08. The molecule has 2 rings (SSSR count). The zero-order valence-corrected chi connectivity index (χ0v) is 19.2. The second kappa shape index (κ2) is 22.6. The molecule has 0 aromatic heterocycles. The zero-order chi connectivity index (χ0) is 18.6. The summed E-state index contributed by atoms with van der Waals surface area (Å²) in [7, 11) is 0.987. The fourth-order valence-electron chi connectivity index (χ4n) is 2.04. The molecule has 0 N–H and O–H groups in total. The van der Waals surface area contributed by atoms with Gasteiger partial charge in [0.25, 0.3) is 0 Å². The second-order valence-electron chi connectivity index (χ2n) is 5.99. The molecule has 0 amide bonds. The van der Waals surface area contributed by atoms with Crippen molar-refractivity contribution in [3.63, 3.8) is 0 Å². The quantitative estimate of drug-likeness (QED) is 0.211. The SMILES string of the molecule is [CH2-]CCCC.[CH2-]CCCC.[Pd+2].c1ccc(CPCc2ccccc2)cc1. The van der Waals surface area contributed by atoms with Gasteiger partial charge in [-0.05, 0) is 23.5 Å². The first-order valence-corrected chi connectivity index (χ1v) is 11.1. The molecule has 0 radical (unpaired) electrons. The summed E-state index contributed by atoms with van der Waals surface area (Å²) in [6.07, 6.45) is 9.71. The van der Waals surface area contributed by atoms with E-state index in [9.17, 15) is 0 Å². The summed E-state index contributed by atoms with van der Waals surface area (Å²) in [4.78, 5) is 0. The average molecular weight is 463 g/mol. The fraction of sp³-hybridized carbons (Fsp3) is 0.417. The third-order valence-corrected chi connectivity index (χ3v) is 4.87. The Morgan fingerprint density at radius 1 is 0.654 bits per heavy atom. The largest absolute Gasteiger partial charge is 2.00 e. The van der Waals surface area contributed by atoms with E-state index in [-0.39, 0.29) is 20.4 Å². The van der Waals surface area contributed by atoms with Crippen molar-refractivity contribution in [1.82, 2.24) is 0 Å². The molecule has 2 aromatic rings. The summed E-state index contributed by atoms with van der Waals surface area (Å²) in [5, 5.41) is 0. The van der Waals surface area contributed by atoms with Crippen molar-refractivity contribution in [2.75, 3.05) is 0 Å². The Morgan fingerprint density at radius 2 is 1.00 bits per heavy atom. The van der Waals surface area contributed by atoms with E-state index < -0.39 is 0 Å². The molecular formula is C24H37PPd. The van der Waals surface area contributed by atoms with Crippen LogP contribution in [0.1, 0.15) is 63.5 Å². The molecular weight excluding hydrogens is 426 g/mol. The Hall–Kier alpha value is -0.468. The average Bonchev–Trinajstić information content (AvgIpc) is 2.66. The van der Waals surface area contributed by atoms with E-state index in [1.54, 1.807) is 0 Å². The van der Waals surface area contributed by atoms with Gasteiger partial charge in [0.05, 0.1) is 0 Å². The van der Waals surface area contributed by atoms with Gasteiger partial charge in [-0.3, -0.25) is 0 Å². The van der Waals surface area contributed by atoms with Crippen LogP contribution in [0.3, 0.4) is 0 Å². The van der Waals surface area contributed by atoms with Gasteiger partial charge < -0.3 is 13.8 Å². The fourth-order valence-corrected chi connectivity index (χ4v) is 3.22. The van der Waals surface area contributed by atoms with Crippen molar-refractivity contribution in [1.29, 1.82) is 0 Å². The molecule has 0 fully saturated rings. The first kappa shape index (κ1) is 27.7. The van der Waals surface area contributed by atoms with E-state index in [2.05, 4.69) is 88.4 Å². The molecule has 0 saturated heterocycles. The molecule has 0 spiro atoms. The van der Waals surface area contributed by atoms with Gasteiger partial charge in [-0.1, -0.05) is 100 Å². The van der Waals surface area contributed by atoms with Gasteiger partial charge in [0.15, 0.2) is 0 Å². The van der Waals surface area contributed by atoms with E-state index >= 15 is 0 Å².